The van der Waals surface area contributed by atoms with Gasteiger partial charge in [0.1, 0.15) is 0 Å². The van der Waals surface area contributed by atoms with Crippen molar-refractivity contribution in [2.45, 2.75) is 0 Å². The minimum absolute atomic E-state index is 0.181. The molecule has 0 unspecified atom stereocenters. The summed E-state index contributed by atoms with van der Waals surface area (Å²) in [6.45, 7) is 0. The van der Waals surface area contributed by atoms with Crippen molar-refractivity contribution in [2.75, 3.05) is 0 Å². The molecule has 0 aliphatic heterocycles. The fourth-order valence-electron chi connectivity index (χ4n) is 0. The molecule has 0 fully saturated rings. The SMILES string of the molecule is N#CB=O. The summed E-state index contributed by atoms with van der Waals surface area (Å²) in [5, 5.41) is 7.26. The standard InChI is InChI=1S/CBNO/c3-1-2-4. The maximum atomic E-state index is 8.81. The first-order valence-electron chi connectivity index (χ1n) is 0.748. The summed E-state index contributed by atoms with van der Waals surface area (Å²) in [6, 6.07) is 0. The molecule has 0 atom stereocenters. The molecule has 0 heterocycles. The fraction of sp³-hybridized carbons (Fsp3) is 0. The first kappa shape index (κ1) is 3.35. The molecule has 0 amide bonds. The zero-order valence-electron chi connectivity index (χ0n) is 1.93. The van der Waals surface area contributed by atoms with E-state index in [-0.39, 0.29) is 7.15 Å². The Balaban J connectivity index is 2.92. The van der Waals surface area contributed by atoms with Crippen LogP contribution in [0.3, 0.4) is 0 Å². The van der Waals surface area contributed by atoms with Crippen molar-refractivity contribution < 1.29 is 4.70 Å². The van der Waals surface area contributed by atoms with Crippen molar-refractivity contribution in [1.29, 1.82) is 5.26 Å². The molecule has 0 radical (unpaired) electrons. The van der Waals surface area contributed by atoms with Crippen molar-refractivity contribution in [1.82, 2.24) is 0 Å². The number of rotatable bonds is 0. The second kappa shape index (κ2) is 2.35. The molecular weight excluding hydrogens is 52.8 g/mol. The third-order valence-electron chi connectivity index (χ3n) is 0.0527. The Labute approximate surface area is 24.3 Å². The number of nitriles is 1. The van der Waals surface area contributed by atoms with E-state index in [1.165, 1.54) is 5.97 Å². The van der Waals surface area contributed by atoms with Crippen LogP contribution < -0.4 is 0 Å². The molecule has 4 heavy (non-hydrogen) atoms. The van der Waals surface area contributed by atoms with Gasteiger partial charge in [-0.25, -0.2) is 0 Å². The van der Waals surface area contributed by atoms with E-state index in [2.05, 4.69) is 0 Å². The van der Waals surface area contributed by atoms with E-state index < -0.39 is 0 Å². The van der Waals surface area contributed by atoms with Crippen molar-refractivity contribution in [3.05, 3.63) is 0 Å². The van der Waals surface area contributed by atoms with E-state index in [1.807, 2.05) is 0 Å². The van der Waals surface area contributed by atoms with Crippen LogP contribution in [0.25, 0.3) is 0 Å². The van der Waals surface area contributed by atoms with E-state index in [0.29, 0.717) is 0 Å². The Hall–Kier alpha value is -0.645. The van der Waals surface area contributed by atoms with E-state index in [0.717, 1.165) is 0 Å². The van der Waals surface area contributed by atoms with E-state index in [1.54, 1.807) is 0 Å². The molecule has 0 rings (SSSR count). The van der Waals surface area contributed by atoms with Crippen LogP contribution in [0.15, 0.2) is 0 Å². The van der Waals surface area contributed by atoms with Gasteiger partial charge in [-0.05, 0) is 0 Å². The van der Waals surface area contributed by atoms with E-state index in [4.69, 9.17) is 9.97 Å². The summed E-state index contributed by atoms with van der Waals surface area (Å²) in [7, 11) is 0.181. The molecular formula is CBNO. The molecule has 0 aliphatic carbocycles. The van der Waals surface area contributed by atoms with Crippen LogP contribution in [0.4, 0.5) is 0 Å². The third-order valence-corrected chi connectivity index (χ3v) is 0.0527. The molecule has 0 bridgehead atoms. The Kier molecular flexibility index (Phi) is 1.98. The van der Waals surface area contributed by atoms with Gasteiger partial charge < -0.3 is 0 Å². The van der Waals surface area contributed by atoms with Crippen molar-refractivity contribution in [3.8, 4) is 5.97 Å². The predicted octanol–water partition coefficient (Wildman–Crippen LogP) is -0.483. The molecule has 2 nitrogen and oxygen atoms in total. The van der Waals surface area contributed by atoms with E-state index in [9.17, 15) is 0 Å². The molecule has 0 aromatic carbocycles. The van der Waals surface area contributed by atoms with Gasteiger partial charge in [-0.1, -0.05) is 0 Å². The van der Waals surface area contributed by atoms with Gasteiger partial charge in [-0.3, -0.25) is 0 Å². The molecule has 18 valence electrons. The van der Waals surface area contributed by atoms with Crippen LogP contribution in [0.5, 0.6) is 0 Å². The maximum absolute atomic E-state index is 8.81. The average Bonchev–Trinajstić information content (AvgIpc) is 1.37. The molecule has 0 aromatic heterocycles. The summed E-state index contributed by atoms with van der Waals surface area (Å²) < 4.78 is 8.81. The summed E-state index contributed by atoms with van der Waals surface area (Å²) >= 11 is 0. The van der Waals surface area contributed by atoms with Gasteiger partial charge in [0, 0.05) is 0 Å². The van der Waals surface area contributed by atoms with Crippen molar-refractivity contribution in [3.63, 3.8) is 0 Å². The van der Waals surface area contributed by atoms with Gasteiger partial charge in [0.15, 0.2) is 0 Å². The number of hydrogen-bond acceptors (Lipinski definition) is 2. The molecule has 0 saturated carbocycles. The summed E-state index contributed by atoms with van der Waals surface area (Å²) in [4.78, 5) is 0. The number of hydrogen-bond donors (Lipinski definition) is 0. The van der Waals surface area contributed by atoms with Crippen LogP contribution in [0.2, 0.25) is 0 Å². The minimum atomic E-state index is 0.181. The number of nitrogens with zero attached hydrogens (tertiary/aromatic N) is 1. The molecule has 3 heteroatoms. The van der Waals surface area contributed by atoms with Gasteiger partial charge in [0.2, 0.25) is 0 Å². The molecule has 0 aliphatic rings. The Morgan fingerprint density at radius 2 is 2.25 bits per heavy atom. The molecule has 0 spiro atoms. The Morgan fingerprint density at radius 1 is 2.00 bits per heavy atom. The van der Waals surface area contributed by atoms with Gasteiger partial charge in [-0.15, -0.1) is 0 Å². The summed E-state index contributed by atoms with van der Waals surface area (Å²) in [5.41, 5.74) is 0. The quantitative estimate of drug-likeness (QED) is 0.349. The van der Waals surface area contributed by atoms with Gasteiger partial charge in [0.05, 0.1) is 0 Å². The van der Waals surface area contributed by atoms with Gasteiger partial charge in [-0.2, -0.15) is 0 Å². The van der Waals surface area contributed by atoms with Crippen LogP contribution in [-0.4, -0.2) is 7.15 Å². The molecule has 0 aromatic rings. The topological polar surface area (TPSA) is 40.9 Å². The molecule has 0 N–H and O–H groups in total. The second-order valence-electron chi connectivity index (χ2n) is 0.247. The Bertz CT molecular complexity index is 53.5. The predicted molar refractivity (Wildman–Crippen MR) is 12.1 cm³/mol. The Morgan fingerprint density at radius 3 is 2.25 bits per heavy atom. The van der Waals surface area contributed by atoms with E-state index >= 15 is 0 Å². The zero-order chi connectivity index (χ0) is 3.41. The summed E-state index contributed by atoms with van der Waals surface area (Å²) in [6.07, 6.45) is 0. The monoisotopic (exact) mass is 53.0 g/mol. The van der Waals surface area contributed by atoms with Gasteiger partial charge >= 0.3 is 23.1 Å². The van der Waals surface area contributed by atoms with Crippen LogP contribution in [0.1, 0.15) is 0 Å². The van der Waals surface area contributed by atoms with Gasteiger partial charge in [0.25, 0.3) is 0 Å². The second-order valence-corrected chi connectivity index (χ2v) is 0.247. The van der Waals surface area contributed by atoms with Crippen LogP contribution >= 0.6 is 0 Å². The van der Waals surface area contributed by atoms with Crippen molar-refractivity contribution in [2.24, 2.45) is 0 Å². The fourth-order valence-corrected chi connectivity index (χ4v) is 0. The first-order chi connectivity index (χ1) is 1.91. The van der Waals surface area contributed by atoms with Crippen molar-refractivity contribution >= 4 is 7.15 Å². The third kappa shape index (κ3) is 1.35. The average molecular weight is 52.8 g/mol. The normalized spacial score (nSPS) is 2.75. The zero-order valence-corrected chi connectivity index (χ0v) is 1.93. The van der Waals surface area contributed by atoms with Crippen LogP contribution in [0, 0.1) is 11.2 Å². The first-order valence-corrected chi connectivity index (χ1v) is 0.748. The summed E-state index contributed by atoms with van der Waals surface area (Å²) in [5.74, 6) is 1.25. The molecule has 0 saturated heterocycles. The van der Waals surface area contributed by atoms with Crippen LogP contribution in [-0.2, 0) is 4.70 Å².